The fourth-order valence-corrected chi connectivity index (χ4v) is 1.60. The molecule has 2 rings (SSSR count). The van der Waals surface area contributed by atoms with E-state index in [1.54, 1.807) is 24.9 Å². The molecule has 90 valence electrons. The number of aryl methyl sites for hydroxylation is 1. The largest absolute Gasteiger partial charge is 0.496 e. The molecule has 0 fully saturated rings. The van der Waals surface area contributed by atoms with E-state index in [-0.39, 0.29) is 0 Å². The van der Waals surface area contributed by atoms with Crippen LogP contribution in [0.15, 0.2) is 24.4 Å². The topological polar surface area (TPSA) is 60.2 Å². The Morgan fingerprint density at radius 2 is 2.18 bits per heavy atom. The highest BCUT2D eigenvalue weighted by Gasteiger charge is 2.08. The summed E-state index contributed by atoms with van der Waals surface area (Å²) in [5.74, 6) is 0.838. The molecule has 0 radical (unpaired) electrons. The zero-order valence-electron chi connectivity index (χ0n) is 10.1. The molecule has 0 bridgehead atoms. The van der Waals surface area contributed by atoms with Gasteiger partial charge in [-0.05, 0) is 37.6 Å². The lowest BCUT2D eigenvalue weighted by Gasteiger charge is -2.06. The zero-order chi connectivity index (χ0) is 12.4. The van der Waals surface area contributed by atoms with E-state index in [2.05, 4.69) is 10.3 Å². The number of methoxy groups -OCH3 is 1. The van der Waals surface area contributed by atoms with Crippen molar-refractivity contribution in [3.63, 3.8) is 0 Å². The second kappa shape index (κ2) is 4.55. The van der Waals surface area contributed by atoms with Crippen LogP contribution in [0.1, 0.15) is 24.3 Å². The lowest BCUT2D eigenvalue weighted by Crippen LogP contribution is -1.96. The molecule has 0 aliphatic heterocycles. The average molecular weight is 233 g/mol. The lowest BCUT2D eigenvalue weighted by molar-refractivity contribution is 0.194. The summed E-state index contributed by atoms with van der Waals surface area (Å²) in [7, 11) is 1.64. The van der Waals surface area contributed by atoms with Crippen molar-refractivity contribution >= 4 is 0 Å². The van der Waals surface area contributed by atoms with Crippen LogP contribution in [-0.2, 0) is 0 Å². The van der Waals surface area contributed by atoms with Crippen LogP contribution in [0.2, 0.25) is 0 Å². The van der Waals surface area contributed by atoms with Gasteiger partial charge in [0.1, 0.15) is 11.4 Å². The number of aliphatic hydroxyl groups is 1. The fourth-order valence-electron chi connectivity index (χ4n) is 1.60. The van der Waals surface area contributed by atoms with Crippen molar-refractivity contribution < 1.29 is 9.84 Å². The van der Waals surface area contributed by atoms with Crippen LogP contribution in [0.4, 0.5) is 0 Å². The third kappa shape index (κ3) is 2.29. The molecule has 0 aliphatic carbocycles. The van der Waals surface area contributed by atoms with Crippen LogP contribution >= 0.6 is 0 Å². The van der Waals surface area contributed by atoms with E-state index in [0.717, 1.165) is 17.0 Å². The normalized spacial score (nSPS) is 12.5. The molecule has 1 N–H and O–H groups in total. The number of aliphatic hydroxyl groups excluding tert-OH is 1. The summed E-state index contributed by atoms with van der Waals surface area (Å²) in [4.78, 5) is 0. The van der Waals surface area contributed by atoms with Crippen molar-refractivity contribution in [2.45, 2.75) is 20.0 Å². The first-order valence-electron chi connectivity index (χ1n) is 5.37. The summed E-state index contributed by atoms with van der Waals surface area (Å²) in [5.41, 5.74) is 2.47. The van der Waals surface area contributed by atoms with Crippen LogP contribution in [0, 0.1) is 6.92 Å². The Bertz CT molecular complexity index is 520. The van der Waals surface area contributed by atoms with E-state index in [9.17, 15) is 5.11 Å². The predicted octanol–water partition coefficient (Wildman–Crippen LogP) is 1.64. The van der Waals surface area contributed by atoms with Crippen LogP contribution in [0.25, 0.3) is 5.69 Å². The molecule has 5 heteroatoms. The maximum absolute atomic E-state index is 9.38. The van der Waals surface area contributed by atoms with Gasteiger partial charge in [-0.15, -0.1) is 5.10 Å². The molecule has 2 aromatic rings. The van der Waals surface area contributed by atoms with Gasteiger partial charge in [0.05, 0.1) is 25.1 Å². The number of aromatic nitrogens is 3. The number of hydrogen-bond donors (Lipinski definition) is 1. The van der Waals surface area contributed by atoms with Gasteiger partial charge < -0.3 is 9.84 Å². The van der Waals surface area contributed by atoms with E-state index < -0.39 is 6.10 Å². The number of rotatable bonds is 3. The van der Waals surface area contributed by atoms with Gasteiger partial charge in [0.25, 0.3) is 0 Å². The summed E-state index contributed by atoms with van der Waals surface area (Å²) in [6.45, 7) is 3.63. The van der Waals surface area contributed by atoms with Crippen LogP contribution < -0.4 is 4.74 Å². The average Bonchev–Trinajstić information content (AvgIpc) is 2.78. The third-order valence-corrected chi connectivity index (χ3v) is 2.58. The quantitative estimate of drug-likeness (QED) is 0.875. The fraction of sp³-hybridized carbons (Fsp3) is 0.333. The molecule has 17 heavy (non-hydrogen) atoms. The summed E-state index contributed by atoms with van der Waals surface area (Å²) in [6.07, 6.45) is 1.11. The highest BCUT2D eigenvalue weighted by molar-refractivity contribution is 5.43. The molecular formula is C12H15N3O2. The second-order valence-corrected chi connectivity index (χ2v) is 3.92. The molecule has 1 aromatic carbocycles. The molecule has 5 nitrogen and oxygen atoms in total. The van der Waals surface area contributed by atoms with E-state index in [1.165, 1.54) is 0 Å². The Balaban J connectivity index is 2.36. The molecule has 0 saturated carbocycles. The Morgan fingerprint density at radius 1 is 1.41 bits per heavy atom. The summed E-state index contributed by atoms with van der Waals surface area (Å²) in [6, 6.07) is 5.74. The standard InChI is InChI=1S/C12H15N3O2/c1-8-6-10(4-5-12(8)17-3)15-7-11(9(2)16)13-14-15/h4-7,9,16H,1-3H3. The minimum Gasteiger partial charge on any atom is -0.496 e. The monoisotopic (exact) mass is 233 g/mol. The Labute approximate surface area is 99.7 Å². The molecule has 1 aromatic heterocycles. The first-order valence-corrected chi connectivity index (χ1v) is 5.37. The molecular weight excluding hydrogens is 218 g/mol. The van der Waals surface area contributed by atoms with E-state index >= 15 is 0 Å². The smallest absolute Gasteiger partial charge is 0.121 e. The van der Waals surface area contributed by atoms with Crippen molar-refractivity contribution in [1.29, 1.82) is 0 Å². The van der Waals surface area contributed by atoms with Gasteiger partial charge in [-0.25, -0.2) is 4.68 Å². The Kier molecular flexibility index (Phi) is 3.10. The van der Waals surface area contributed by atoms with Gasteiger partial charge in [-0.1, -0.05) is 5.21 Å². The number of ether oxygens (including phenoxy) is 1. The van der Waals surface area contributed by atoms with Crippen LogP contribution in [-0.4, -0.2) is 27.2 Å². The minimum atomic E-state index is -0.608. The highest BCUT2D eigenvalue weighted by Crippen LogP contribution is 2.20. The van der Waals surface area contributed by atoms with E-state index in [4.69, 9.17) is 4.74 Å². The van der Waals surface area contributed by atoms with Gasteiger partial charge in [-0.3, -0.25) is 0 Å². The first kappa shape index (κ1) is 11.6. The summed E-state index contributed by atoms with van der Waals surface area (Å²) >= 11 is 0. The Hall–Kier alpha value is -1.88. The van der Waals surface area contributed by atoms with Crippen LogP contribution in [0.3, 0.4) is 0 Å². The third-order valence-electron chi connectivity index (χ3n) is 2.58. The SMILES string of the molecule is COc1ccc(-n2cc(C(C)O)nn2)cc1C. The lowest BCUT2D eigenvalue weighted by atomic mass is 10.2. The van der Waals surface area contributed by atoms with Crippen molar-refractivity contribution in [2.75, 3.05) is 7.11 Å². The molecule has 0 saturated heterocycles. The van der Waals surface area contributed by atoms with Crippen molar-refractivity contribution in [3.05, 3.63) is 35.7 Å². The van der Waals surface area contributed by atoms with Gasteiger partial charge in [0.2, 0.25) is 0 Å². The highest BCUT2D eigenvalue weighted by atomic mass is 16.5. The minimum absolute atomic E-state index is 0.554. The molecule has 0 amide bonds. The molecule has 1 heterocycles. The van der Waals surface area contributed by atoms with Crippen molar-refractivity contribution in [3.8, 4) is 11.4 Å². The van der Waals surface area contributed by atoms with Gasteiger partial charge in [0.15, 0.2) is 0 Å². The summed E-state index contributed by atoms with van der Waals surface area (Å²) in [5, 5.41) is 17.3. The number of benzene rings is 1. The number of nitrogens with zero attached hydrogens (tertiary/aromatic N) is 3. The molecule has 0 aliphatic rings. The zero-order valence-corrected chi connectivity index (χ0v) is 10.1. The van der Waals surface area contributed by atoms with Gasteiger partial charge in [0, 0.05) is 0 Å². The Morgan fingerprint density at radius 3 is 2.71 bits per heavy atom. The maximum atomic E-state index is 9.38. The summed E-state index contributed by atoms with van der Waals surface area (Å²) < 4.78 is 6.83. The van der Waals surface area contributed by atoms with E-state index in [0.29, 0.717) is 5.69 Å². The molecule has 0 spiro atoms. The molecule has 1 unspecified atom stereocenters. The predicted molar refractivity (Wildman–Crippen MR) is 63.3 cm³/mol. The first-order chi connectivity index (χ1) is 8.11. The maximum Gasteiger partial charge on any atom is 0.121 e. The van der Waals surface area contributed by atoms with Crippen LogP contribution in [0.5, 0.6) is 5.75 Å². The van der Waals surface area contributed by atoms with Crippen molar-refractivity contribution in [2.24, 2.45) is 0 Å². The van der Waals surface area contributed by atoms with Crippen molar-refractivity contribution in [1.82, 2.24) is 15.0 Å². The van der Waals surface area contributed by atoms with Gasteiger partial charge >= 0.3 is 0 Å². The second-order valence-electron chi connectivity index (χ2n) is 3.92. The van der Waals surface area contributed by atoms with E-state index in [1.807, 2.05) is 25.1 Å². The number of hydrogen-bond acceptors (Lipinski definition) is 4. The van der Waals surface area contributed by atoms with Gasteiger partial charge in [-0.2, -0.15) is 0 Å². The molecule has 1 atom stereocenters.